The van der Waals surface area contributed by atoms with Crippen LogP contribution in [0.5, 0.6) is 0 Å². The Hall–Kier alpha value is -2.91. The minimum atomic E-state index is -0.751. The third kappa shape index (κ3) is 8.32. The van der Waals surface area contributed by atoms with E-state index in [1.54, 1.807) is 12.2 Å². The fourth-order valence-electron chi connectivity index (χ4n) is 2.54. The number of benzene rings is 1. The minimum Gasteiger partial charge on any atom is -0.469 e. The second-order valence-corrected chi connectivity index (χ2v) is 6.14. The van der Waals surface area contributed by atoms with Gasteiger partial charge in [-0.1, -0.05) is 30.3 Å². The van der Waals surface area contributed by atoms with Gasteiger partial charge in [0.05, 0.1) is 20.1 Å². The molecule has 0 fully saturated rings. The van der Waals surface area contributed by atoms with Crippen molar-refractivity contribution in [2.45, 2.75) is 38.4 Å². The number of carbonyl (C=O) groups is 3. The highest BCUT2D eigenvalue weighted by Crippen LogP contribution is 2.20. The molecular formula is C20H25NO8. The summed E-state index contributed by atoms with van der Waals surface area (Å²) in [6, 6.07) is 9.32. The highest BCUT2D eigenvalue weighted by Gasteiger charge is 2.32. The van der Waals surface area contributed by atoms with Crippen LogP contribution in [0.4, 0.5) is 4.79 Å². The highest BCUT2D eigenvalue weighted by molar-refractivity contribution is 5.70. The molecule has 29 heavy (non-hydrogen) atoms. The van der Waals surface area contributed by atoms with Crippen molar-refractivity contribution in [3.63, 3.8) is 0 Å². The summed E-state index contributed by atoms with van der Waals surface area (Å²) < 4.78 is 26.0. The van der Waals surface area contributed by atoms with Crippen molar-refractivity contribution in [3.8, 4) is 0 Å². The Bertz CT molecular complexity index is 706. The lowest BCUT2D eigenvalue weighted by atomic mass is 10.1. The molecule has 0 saturated heterocycles. The van der Waals surface area contributed by atoms with Crippen LogP contribution in [0.1, 0.15) is 18.9 Å². The molecule has 9 nitrogen and oxygen atoms in total. The first kappa shape index (κ1) is 22.4. The number of carbonyl (C=O) groups excluding carboxylic acids is 3. The van der Waals surface area contributed by atoms with Crippen molar-refractivity contribution < 1.29 is 38.1 Å². The van der Waals surface area contributed by atoms with E-state index in [1.165, 1.54) is 14.0 Å². The maximum atomic E-state index is 11.7. The summed E-state index contributed by atoms with van der Waals surface area (Å²) in [5.41, 5.74) is 0.888. The van der Waals surface area contributed by atoms with Gasteiger partial charge in [0.15, 0.2) is 6.29 Å². The number of hydrogen-bond acceptors (Lipinski definition) is 8. The molecule has 1 aliphatic rings. The van der Waals surface area contributed by atoms with Crippen LogP contribution < -0.4 is 5.32 Å². The van der Waals surface area contributed by atoms with E-state index in [1.807, 2.05) is 30.3 Å². The van der Waals surface area contributed by atoms with E-state index >= 15 is 0 Å². The van der Waals surface area contributed by atoms with E-state index < -0.39 is 36.5 Å². The number of hydrogen-bond donors (Lipinski definition) is 1. The van der Waals surface area contributed by atoms with Gasteiger partial charge in [0.25, 0.3) is 0 Å². The first-order valence-corrected chi connectivity index (χ1v) is 9.12. The molecule has 0 aliphatic carbocycles. The first-order chi connectivity index (χ1) is 14.0. The van der Waals surface area contributed by atoms with Gasteiger partial charge in [0.1, 0.15) is 18.8 Å². The lowest BCUT2D eigenvalue weighted by Gasteiger charge is -2.31. The molecule has 2 rings (SSSR count). The van der Waals surface area contributed by atoms with E-state index in [0.717, 1.165) is 5.56 Å². The van der Waals surface area contributed by atoms with Crippen molar-refractivity contribution >= 4 is 18.0 Å². The quantitative estimate of drug-likeness (QED) is 0.285. The number of ether oxygens (including phenoxy) is 5. The normalized spacial score (nSPS) is 20.6. The molecule has 1 aromatic rings. The van der Waals surface area contributed by atoms with E-state index in [9.17, 15) is 14.4 Å². The van der Waals surface area contributed by atoms with E-state index in [-0.39, 0.29) is 26.2 Å². The Kier molecular flexibility index (Phi) is 9.13. The lowest BCUT2D eigenvalue weighted by molar-refractivity contribution is -0.190. The number of nitrogens with one attached hydrogen (secondary N) is 1. The van der Waals surface area contributed by atoms with E-state index in [4.69, 9.17) is 18.9 Å². The summed E-state index contributed by atoms with van der Waals surface area (Å²) in [4.78, 5) is 34.4. The van der Waals surface area contributed by atoms with E-state index in [0.29, 0.717) is 0 Å². The van der Waals surface area contributed by atoms with Crippen LogP contribution in [0.15, 0.2) is 42.5 Å². The monoisotopic (exact) mass is 407 g/mol. The zero-order valence-electron chi connectivity index (χ0n) is 16.4. The average Bonchev–Trinajstić information content (AvgIpc) is 2.71. The maximum Gasteiger partial charge on any atom is 0.407 e. The topological polar surface area (TPSA) is 109 Å². The number of alkyl carbamates (subject to hydrolysis) is 1. The van der Waals surface area contributed by atoms with Crippen LogP contribution in [-0.4, -0.2) is 56.8 Å². The number of methoxy groups -OCH3 is 1. The van der Waals surface area contributed by atoms with Crippen molar-refractivity contribution in [1.82, 2.24) is 5.32 Å². The predicted octanol–water partition coefficient (Wildman–Crippen LogP) is 1.71. The molecule has 0 bridgehead atoms. The average molecular weight is 407 g/mol. The van der Waals surface area contributed by atoms with Gasteiger partial charge in [0, 0.05) is 13.5 Å². The van der Waals surface area contributed by atoms with Gasteiger partial charge in [-0.05, 0) is 17.7 Å². The van der Waals surface area contributed by atoms with Crippen molar-refractivity contribution in [2.24, 2.45) is 0 Å². The molecule has 0 saturated carbocycles. The summed E-state index contributed by atoms with van der Waals surface area (Å²) in [5, 5.41) is 2.57. The Balaban J connectivity index is 1.71. The van der Waals surface area contributed by atoms with Gasteiger partial charge in [-0.25, -0.2) is 4.79 Å². The molecule has 1 heterocycles. The van der Waals surface area contributed by atoms with Crippen molar-refractivity contribution in [3.05, 3.63) is 48.0 Å². The zero-order valence-corrected chi connectivity index (χ0v) is 16.4. The standard InChI is InChI=1S/C20H25NO8/c1-14(22)28-16-8-9-19(29-17(16)12-18(23)25-2)26-11-10-21-20(24)27-13-15-6-4-3-5-7-15/h3-9,16-17,19H,10-13H2,1-2H3,(H,21,24)/t16-,17+,19-/m0/s1. The largest absolute Gasteiger partial charge is 0.469 e. The van der Waals surface area contributed by atoms with Crippen molar-refractivity contribution in [2.75, 3.05) is 20.3 Å². The zero-order chi connectivity index (χ0) is 21.1. The van der Waals surface area contributed by atoms with E-state index in [2.05, 4.69) is 10.1 Å². The molecule has 1 aliphatic heterocycles. The Morgan fingerprint density at radius 3 is 2.59 bits per heavy atom. The molecule has 1 amide bonds. The van der Waals surface area contributed by atoms with Gasteiger partial charge < -0.3 is 29.0 Å². The first-order valence-electron chi connectivity index (χ1n) is 9.12. The van der Waals surface area contributed by atoms with Crippen LogP contribution in [0.25, 0.3) is 0 Å². The second kappa shape index (κ2) is 11.8. The number of rotatable bonds is 9. The van der Waals surface area contributed by atoms with Crippen LogP contribution in [0.2, 0.25) is 0 Å². The van der Waals surface area contributed by atoms with Gasteiger partial charge >= 0.3 is 18.0 Å². The molecule has 9 heteroatoms. The molecule has 0 aromatic heterocycles. The predicted molar refractivity (Wildman–Crippen MR) is 101 cm³/mol. The molecule has 1 N–H and O–H groups in total. The number of esters is 2. The summed E-state index contributed by atoms with van der Waals surface area (Å²) in [5.74, 6) is -0.986. The third-order valence-corrected chi connectivity index (χ3v) is 3.90. The minimum absolute atomic E-state index is 0.0945. The Morgan fingerprint density at radius 2 is 1.90 bits per heavy atom. The molecular weight excluding hydrogens is 382 g/mol. The summed E-state index contributed by atoms with van der Waals surface area (Å²) in [6.07, 6.45) is 0.333. The molecule has 0 radical (unpaired) electrons. The summed E-state index contributed by atoms with van der Waals surface area (Å²) >= 11 is 0. The van der Waals surface area contributed by atoms with Gasteiger partial charge in [-0.2, -0.15) is 0 Å². The molecule has 1 aromatic carbocycles. The summed E-state index contributed by atoms with van der Waals surface area (Å²) in [7, 11) is 1.26. The highest BCUT2D eigenvalue weighted by atomic mass is 16.7. The number of amides is 1. The SMILES string of the molecule is COC(=O)C[C@H]1O[C@H](OCCNC(=O)OCc2ccccc2)C=C[C@@H]1OC(C)=O. The van der Waals surface area contributed by atoms with Gasteiger partial charge in [0.2, 0.25) is 0 Å². The van der Waals surface area contributed by atoms with Gasteiger partial charge in [-0.15, -0.1) is 0 Å². The second-order valence-electron chi connectivity index (χ2n) is 6.14. The van der Waals surface area contributed by atoms with Crippen LogP contribution in [0.3, 0.4) is 0 Å². The maximum absolute atomic E-state index is 11.7. The molecule has 3 atom stereocenters. The molecule has 0 spiro atoms. The van der Waals surface area contributed by atoms with Gasteiger partial charge in [-0.3, -0.25) is 9.59 Å². The molecule has 158 valence electrons. The summed E-state index contributed by atoms with van der Waals surface area (Å²) in [6.45, 7) is 1.80. The third-order valence-electron chi connectivity index (χ3n) is 3.90. The smallest absolute Gasteiger partial charge is 0.407 e. The van der Waals surface area contributed by atoms with Crippen LogP contribution >= 0.6 is 0 Å². The Labute approximate surface area is 168 Å². The van der Waals surface area contributed by atoms with Crippen LogP contribution in [-0.2, 0) is 39.9 Å². The fourth-order valence-corrected chi connectivity index (χ4v) is 2.54. The van der Waals surface area contributed by atoms with Crippen molar-refractivity contribution in [1.29, 1.82) is 0 Å². The molecule has 0 unspecified atom stereocenters. The fraction of sp³-hybridized carbons (Fsp3) is 0.450. The van der Waals surface area contributed by atoms with Crippen LogP contribution in [0, 0.1) is 0 Å². The lowest BCUT2D eigenvalue weighted by Crippen LogP contribution is -2.41. The Morgan fingerprint density at radius 1 is 1.14 bits per heavy atom.